The smallest absolute Gasteiger partial charge is 0.194 e. The average Bonchev–Trinajstić information content (AvgIpc) is 2.42. The van der Waals surface area contributed by atoms with Gasteiger partial charge in [-0.25, -0.2) is 4.39 Å². The van der Waals surface area contributed by atoms with Crippen LogP contribution in [0.3, 0.4) is 0 Å². The molecule has 2 aromatic carbocycles. The quantitative estimate of drug-likeness (QED) is 0.560. The molecule has 0 N–H and O–H groups in total. The van der Waals surface area contributed by atoms with Crippen molar-refractivity contribution in [3.8, 4) is 0 Å². The van der Waals surface area contributed by atoms with Crippen LogP contribution < -0.4 is 0 Å². The van der Waals surface area contributed by atoms with E-state index >= 15 is 0 Å². The van der Waals surface area contributed by atoms with Gasteiger partial charge in [0.2, 0.25) is 0 Å². The summed E-state index contributed by atoms with van der Waals surface area (Å²) in [7, 11) is 0. The number of halogens is 3. The summed E-state index contributed by atoms with van der Waals surface area (Å²) in [6, 6.07) is 9.46. The highest BCUT2D eigenvalue weighted by Gasteiger charge is 2.15. The number of hydrogen-bond donors (Lipinski definition) is 0. The van der Waals surface area contributed by atoms with Crippen LogP contribution in [0.1, 0.15) is 21.5 Å². The largest absolute Gasteiger partial charge is 0.289 e. The molecule has 0 radical (unpaired) electrons. The van der Waals surface area contributed by atoms with Crippen molar-refractivity contribution in [2.45, 2.75) is 0 Å². The fourth-order valence-corrected chi connectivity index (χ4v) is 2.20. The Kier molecular flexibility index (Phi) is 4.17. The topological polar surface area (TPSA) is 17.1 Å². The first kappa shape index (κ1) is 14.0. The van der Waals surface area contributed by atoms with Gasteiger partial charge < -0.3 is 0 Å². The maximum absolute atomic E-state index is 13.3. The molecule has 0 unspecified atom stereocenters. The standard InChI is InChI=1S/C15H9BrClFO/c1-2-9-3-5-10(6-4-9)15(19)11-7-12(16)14(18)8-13(11)17/h2-8H,1H2. The number of carbonyl (C=O) groups excluding carboxylic acids is 1. The van der Waals surface area contributed by atoms with Gasteiger partial charge in [0.1, 0.15) is 5.82 Å². The molecule has 2 rings (SSSR count). The highest BCUT2D eigenvalue weighted by atomic mass is 79.9. The second-order valence-corrected chi connectivity index (χ2v) is 5.16. The van der Waals surface area contributed by atoms with Crippen molar-refractivity contribution in [1.82, 2.24) is 0 Å². The SMILES string of the molecule is C=Cc1ccc(C(=O)c2cc(Br)c(F)cc2Cl)cc1. The maximum Gasteiger partial charge on any atom is 0.194 e. The van der Waals surface area contributed by atoms with Gasteiger partial charge >= 0.3 is 0 Å². The Labute approximate surface area is 123 Å². The molecule has 0 saturated heterocycles. The van der Waals surface area contributed by atoms with E-state index in [-0.39, 0.29) is 20.8 Å². The van der Waals surface area contributed by atoms with Crippen LogP contribution in [0.2, 0.25) is 5.02 Å². The lowest BCUT2D eigenvalue weighted by Gasteiger charge is -2.06. The van der Waals surface area contributed by atoms with Crippen molar-refractivity contribution >= 4 is 39.4 Å². The third kappa shape index (κ3) is 2.94. The number of hydrogen-bond acceptors (Lipinski definition) is 1. The van der Waals surface area contributed by atoms with E-state index in [0.717, 1.165) is 11.6 Å². The summed E-state index contributed by atoms with van der Waals surface area (Å²) in [5, 5.41) is 0.0958. The Morgan fingerprint density at radius 2 is 1.89 bits per heavy atom. The van der Waals surface area contributed by atoms with E-state index < -0.39 is 5.82 Å². The fourth-order valence-electron chi connectivity index (χ4n) is 1.62. The van der Waals surface area contributed by atoms with Gasteiger partial charge in [0.05, 0.1) is 9.50 Å². The second-order valence-electron chi connectivity index (χ2n) is 3.90. The third-order valence-electron chi connectivity index (χ3n) is 2.66. The molecule has 0 fully saturated rings. The lowest BCUT2D eigenvalue weighted by atomic mass is 10.0. The summed E-state index contributed by atoms with van der Waals surface area (Å²) in [6.45, 7) is 3.65. The van der Waals surface area contributed by atoms with Gasteiger partial charge in [0.25, 0.3) is 0 Å². The highest BCUT2D eigenvalue weighted by molar-refractivity contribution is 9.10. The van der Waals surface area contributed by atoms with Crippen LogP contribution >= 0.6 is 27.5 Å². The number of carbonyl (C=O) groups is 1. The summed E-state index contributed by atoms with van der Waals surface area (Å²) in [5.74, 6) is -0.745. The molecule has 4 heteroatoms. The van der Waals surface area contributed by atoms with E-state index in [9.17, 15) is 9.18 Å². The molecule has 19 heavy (non-hydrogen) atoms. The van der Waals surface area contributed by atoms with Gasteiger partial charge in [-0.15, -0.1) is 0 Å². The zero-order valence-corrected chi connectivity index (χ0v) is 12.1. The number of ketones is 1. The second kappa shape index (κ2) is 5.68. The Balaban J connectivity index is 2.43. The van der Waals surface area contributed by atoms with Crippen molar-refractivity contribution in [1.29, 1.82) is 0 Å². The molecule has 96 valence electrons. The minimum atomic E-state index is -0.497. The normalized spacial score (nSPS) is 10.3. The van der Waals surface area contributed by atoms with Crippen LogP contribution in [0.4, 0.5) is 4.39 Å². The molecular weight excluding hydrogens is 331 g/mol. The molecule has 0 spiro atoms. The minimum Gasteiger partial charge on any atom is -0.289 e. The van der Waals surface area contributed by atoms with E-state index in [1.54, 1.807) is 30.3 Å². The first-order chi connectivity index (χ1) is 9.02. The van der Waals surface area contributed by atoms with Crippen molar-refractivity contribution in [3.63, 3.8) is 0 Å². The Morgan fingerprint density at radius 3 is 2.47 bits per heavy atom. The molecule has 0 heterocycles. The van der Waals surface area contributed by atoms with Crippen LogP contribution in [-0.4, -0.2) is 5.78 Å². The molecule has 0 aliphatic carbocycles. The van der Waals surface area contributed by atoms with Crippen LogP contribution in [0.25, 0.3) is 6.08 Å². The van der Waals surface area contributed by atoms with Crippen molar-refractivity contribution < 1.29 is 9.18 Å². The summed E-state index contributed by atoms with van der Waals surface area (Å²) in [4.78, 5) is 12.3. The van der Waals surface area contributed by atoms with Gasteiger partial charge in [-0.3, -0.25) is 4.79 Å². The third-order valence-corrected chi connectivity index (χ3v) is 3.58. The first-order valence-electron chi connectivity index (χ1n) is 5.44. The Morgan fingerprint density at radius 1 is 1.26 bits per heavy atom. The molecule has 1 nitrogen and oxygen atoms in total. The van der Waals surface area contributed by atoms with Gasteiger partial charge in [0.15, 0.2) is 5.78 Å². The molecule has 0 aliphatic rings. The van der Waals surface area contributed by atoms with Crippen LogP contribution in [0, 0.1) is 5.82 Å². The number of benzene rings is 2. The van der Waals surface area contributed by atoms with Crippen LogP contribution in [0.15, 0.2) is 47.4 Å². The molecule has 2 aromatic rings. The van der Waals surface area contributed by atoms with Crippen LogP contribution in [-0.2, 0) is 0 Å². The van der Waals surface area contributed by atoms with Crippen LogP contribution in [0.5, 0.6) is 0 Å². The van der Waals surface area contributed by atoms with Gasteiger partial charge in [-0.2, -0.15) is 0 Å². The van der Waals surface area contributed by atoms with Gasteiger partial charge in [0, 0.05) is 11.1 Å². The average molecular weight is 340 g/mol. The van der Waals surface area contributed by atoms with E-state index in [1.165, 1.54) is 6.07 Å². The summed E-state index contributed by atoms with van der Waals surface area (Å²) >= 11 is 8.95. The van der Waals surface area contributed by atoms with Crippen molar-refractivity contribution in [3.05, 3.63) is 75.0 Å². The van der Waals surface area contributed by atoms with Gasteiger partial charge in [-0.1, -0.05) is 48.5 Å². The van der Waals surface area contributed by atoms with E-state index in [4.69, 9.17) is 11.6 Å². The van der Waals surface area contributed by atoms with E-state index in [0.29, 0.717) is 5.56 Å². The zero-order chi connectivity index (χ0) is 14.0. The summed E-state index contributed by atoms with van der Waals surface area (Å²) in [5.41, 5.74) is 1.68. The van der Waals surface area contributed by atoms with Crippen molar-refractivity contribution in [2.75, 3.05) is 0 Å². The Bertz CT molecular complexity index is 650. The molecule has 0 amide bonds. The predicted octanol–water partition coefficient (Wildman–Crippen LogP) is 5.12. The minimum absolute atomic E-state index is 0.0958. The molecular formula is C15H9BrClFO. The van der Waals surface area contributed by atoms with Crippen molar-refractivity contribution in [2.24, 2.45) is 0 Å². The molecule has 0 aliphatic heterocycles. The Hall–Kier alpha value is -1.45. The first-order valence-corrected chi connectivity index (χ1v) is 6.62. The monoisotopic (exact) mass is 338 g/mol. The van der Waals surface area contributed by atoms with E-state index in [2.05, 4.69) is 22.5 Å². The highest BCUT2D eigenvalue weighted by Crippen LogP contribution is 2.26. The summed E-state index contributed by atoms with van der Waals surface area (Å²) in [6.07, 6.45) is 1.69. The predicted molar refractivity (Wildman–Crippen MR) is 79.1 cm³/mol. The van der Waals surface area contributed by atoms with E-state index in [1.807, 2.05) is 0 Å². The lowest BCUT2D eigenvalue weighted by molar-refractivity contribution is 0.103. The lowest BCUT2D eigenvalue weighted by Crippen LogP contribution is -2.03. The zero-order valence-electron chi connectivity index (χ0n) is 9.79. The molecule has 0 atom stereocenters. The van der Waals surface area contributed by atoms with Gasteiger partial charge in [-0.05, 0) is 33.6 Å². The number of rotatable bonds is 3. The maximum atomic E-state index is 13.3. The molecule has 0 bridgehead atoms. The fraction of sp³-hybridized carbons (Fsp3) is 0. The summed E-state index contributed by atoms with van der Waals surface area (Å²) < 4.78 is 13.5. The molecule has 0 aromatic heterocycles. The molecule has 0 saturated carbocycles.